The number of aryl methyl sites for hydroxylation is 2. The van der Waals surface area contributed by atoms with E-state index in [0.717, 1.165) is 41.5 Å². The number of hydrogen-bond donors (Lipinski definition) is 1. The van der Waals surface area contributed by atoms with Gasteiger partial charge in [-0.3, -0.25) is 4.79 Å². The molecular weight excluding hydrogens is 266 g/mol. The molecule has 4 heteroatoms. The van der Waals surface area contributed by atoms with Gasteiger partial charge in [-0.25, -0.2) is 4.79 Å². The molecular formula is C17H21NO3. The smallest absolute Gasteiger partial charge is 0.335 e. The molecule has 4 nitrogen and oxygen atoms in total. The van der Waals surface area contributed by atoms with Gasteiger partial charge >= 0.3 is 5.97 Å². The number of Topliss-reactive ketones (excluding diaryl/α,β-unsaturated/α-hetero) is 1. The maximum Gasteiger partial charge on any atom is 0.335 e. The highest BCUT2D eigenvalue weighted by Gasteiger charge is 2.21. The summed E-state index contributed by atoms with van der Waals surface area (Å²) in [5.74, 6) is -0.973. The molecule has 2 rings (SSSR count). The Morgan fingerprint density at radius 3 is 2.38 bits per heavy atom. The quantitative estimate of drug-likeness (QED) is 0.850. The van der Waals surface area contributed by atoms with Crippen LogP contribution < -0.4 is 0 Å². The number of hydrogen-bond acceptors (Lipinski definition) is 2. The van der Waals surface area contributed by atoms with E-state index < -0.39 is 5.97 Å². The van der Waals surface area contributed by atoms with Crippen LogP contribution in [0.5, 0.6) is 0 Å². The van der Waals surface area contributed by atoms with Crippen LogP contribution in [0.1, 0.15) is 59.2 Å². The monoisotopic (exact) mass is 287 g/mol. The molecule has 0 aliphatic rings. The lowest BCUT2D eigenvalue weighted by Crippen LogP contribution is -2.03. The fourth-order valence-corrected chi connectivity index (χ4v) is 3.04. The van der Waals surface area contributed by atoms with Crippen molar-refractivity contribution < 1.29 is 14.7 Å². The minimum Gasteiger partial charge on any atom is -0.478 e. The first-order valence-electron chi connectivity index (χ1n) is 7.32. The van der Waals surface area contributed by atoms with Gasteiger partial charge in [0, 0.05) is 23.2 Å². The summed E-state index contributed by atoms with van der Waals surface area (Å²) in [4.78, 5) is 23.3. The third-order valence-electron chi connectivity index (χ3n) is 3.92. The lowest BCUT2D eigenvalue weighted by molar-refractivity contribution is 0.0696. The van der Waals surface area contributed by atoms with E-state index in [9.17, 15) is 14.7 Å². The Morgan fingerprint density at radius 2 is 1.90 bits per heavy atom. The van der Waals surface area contributed by atoms with Crippen molar-refractivity contribution in [2.24, 2.45) is 0 Å². The molecule has 1 heterocycles. The van der Waals surface area contributed by atoms with Crippen molar-refractivity contribution in [1.82, 2.24) is 4.57 Å². The number of aromatic carboxylic acids is 1. The van der Waals surface area contributed by atoms with E-state index >= 15 is 0 Å². The highest BCUT2D eigenvalue weighted by molar-refractivity contribution is 6.10. The van der Waals surface area contributed by atoms with Crippen LogP contribution in [0.4, 0.5) is 0 Å². The molecule has 2 aromatic rings. The lowest BCUT2D eigenvalue weighted by Gasteiger charge is -2.10. The molecule has 0 fully saturated rings. The van der Waals surface area contributed by atoms with Gasteiger partial charge in [0.15, 0.2) is 5.78 Å². The average Bonchev–Trinajstić information content (AvgIpc) is 2.71. The molecule has 0 unspecified atom stereocenters. The first kappa shape index (κ1) is 15.3. The summed E-state index contributed by atoms with van der Waals surface area (Å²) in [5.41, 5.74) is 3.81. The topological polar surface area (TPSA) is 59.3 Å². The number of ketones is 1. The Bertz CT molecular complexity index is 725. The molecule has 21 heavy (non-hydrogen) atoms. The Balaban J connectivity index is 2.95. The van der Waals surface area contributed by atoms with E-state index in [1.54, 1.807) is 12.1 Å². The molecule has 1 aromatic heterocycles. The number of fused-ring (bicyclic) bond motifs is 1. The number of carboxylic acids is 1. The number of carbonyl (C=O) groups is 2. The zero-order valence-corrected chi connectivity index (χ0v) is 13.0. The van der Waals surface area contributed by atoms with Crippen molar-refractivity contribution in [2.45, 2.75) is 47.1 Å². The normalized spacial score (nSPS) is 11.0. The predicted molar refractivity (Wildman–Crippen MR) is 83.3 cm³/mol. The van der Waals surface area contributed by atoms with Crippen molar-refractivity contribution in [3.63, 3.8) is 0 Å². The minimum absolute atomic E-state index is 0.0167. The summed E-state index contributed by atoms with van der Waals surface area (Å²) in [5, 5.41) is 10.1. The third kappa shape index (κ3) is 2.46. The molecule has 0 atom stereocenters. The SMILES string of the molecule is CCCn1c(C)c(C(C)=O)c2cc(C(=O)O)cc(CC)c21. The number of carbonyl (C=O) groups excluding carboxylic acids is 1. The molecule has 1 aromatic carbocycles. The molecule has 0 spiro atoms. The third-order valence-corrected chi connectivity index (χ3v) is 3.92. The molecule has 0 aliphatic heterocycles. The van der Waals surface area contributed by atoms with Crippen LogP contribution in [0, 0.1) is 6.92 Å². The second-order valence-electron chi connectivity index (χ2n) is 5.36. The maximum absolute atomic E-state index is 12.0. The summed E-state index contributed by atoms with van der Waals surface area (Å²) >= 11 is 0. The highest BCUT2D eigenvalue weighted by atomic mass is 16.4. The minimum atomic E-state index is -0.956. The second kappa shape index (κ2) is 5.72. The van der Waals surface area contributed by atoms with Gasteiger partial charge < -0.3 is 9.67 Å². The lowest BCUT2D eigenvalue weighted by atomic mass is 10.0. The largest absolute Gasteiger partial charge is 0.478 e. The van der Waals surface area contributed by atoms with E-state index in [0.29, 0.717) is 5.56 Å². The van der Waals surface area contributed by atoms with E-state index in [1.807, 2.05) is 13.8 Å². The molecule has 0 saturated carbocycles. The Kier molecular flexibility index (Phi) is 4.16. The number of aromatic nitrogens is 1. The average molecular weight is 287 g/mol. The van der Waals surface area contributed by atoms with E-state index in [4.69, 9.17) is 0 Å². The summed E-state index contributed by atoms with van der Waals surface area (Å²) in [6, 6.07) is 3.35. The number of rotatable bonds is 5. The number of nitrogens with zero attached hydrogens (tertiary/aromatic N) is 1. The molecule has 1 N–H and O–H groups in total. The van der Waals surface area contributed by atoms with Crippen molar-refractivity contribution in [2.75, 3.05) is 0 Å². The van der Waals surface area contributed by atoms with Gasteiger partial charge in [-0.2, -0.15) is 0 Å². The Labute approximate surface area is 124 Å². The maximum atomic E-state index is 12.0. The van der Waals surface area contributed by atoms with Crippen molar-refractivity contribution in [3.05, 3.63) is 34.5 Å². The van der Waals surface area contributed by atoms with Crippen LogP contribution in [0.2, 0.25) is 0 Å². The van der Waals surface area contributed by atoms with Gasteiger partial charge in [0.25, 0.3) is 0 Å². The summed E-state index contributed by atoms with van der Waals surface area (Å²) in [6.45, 7) is 8.40. The highest BCUT2D eigenvalue weighted by Crippen LogP contribution is 2.31. The van der Waals surface area contributed by atoms with Crippen LogP contribution in [0.25, 0.3) is 10.9 Å². The Hall–Kier alpha value is -2.10. The summed E-state index contributed by atoms with van der Waals surface area (Å²) in [6.07, 6.45) is 1.70. The van der Waals surface area contributed by atoms with Crippen LogP contribution in [0.15, 0.2) is 12.1 Å². The van der Waals surface area contributed by atoms with Crippen molar-refractivity contribution in [3.8, 4) is 0 Å². The summed E-state index contributed by atoms with van der Waals surface area (Å²) in [7, 11) is 0. The second-order valence-corrected chi connectivity index (χ2v) is 5.36. The van der Waals surface area contributed by atoms with E-state index in [1.165, 1.54) is 6.92 Å². The van der Waals surface area contributed by atoms with Gasteiger partial charge in [0.1, 0.15) is 0 Å². The first-order valence-corrected chi connectivity index (χ1v) is 7.32. The molecule has 0 radical (unpaired) electrons. The molecule has 0 amide bonds. The first-order chi connectivity index (χ1) is 9.92. The van der Waals surface area contributed by atoms with Gasteiger partial charge in [0.2, 0.25) is 0 Å². The fourth-order valence-electron chi connectivity index (χ4n) is 3.04. The number of carboxylic acid groups (broad SMARTS) is 1. The van der Waals surface area contributed by atoms with Crippen LogP contribution >= 0.6 is 0 Å². The zero-order chi connectivity index (χ0) is 15.7. The van der Waals surface area contributed by atoms with Crippen molar-refractivity contribution in [1.29, 1.82) is 0 Å². The van der Waals surface area contributed by atoms with Gasteiger partial charge in [-0.1, -0.05) is 13.8 Å². The van der Waals surface area contributed by atoms with E-state index in [-0.39, 0.29) is 11.3 Å². The molecule has 112 valence electrons. The van der Waals surface area contributed by atoms with Gasteiger partial charge in [0.05, 0.1) is 11.1 Å². The van der Waals surface area contributed by atoms with Crippen LogP contribution in [-0.4, -0.2) is 21.4 Å². The van der Waals surface area contributed by atoms with Crippen molar-refractivity contribution >= 4 is 22.7 Å². The predicted octanol–water partition coefficient (Wildman–Crippen LogP) is 3.82. The molecule has 0 aliphatic carbocycles. The van der Waals surface area contributed by atoms with E-state index in [2.05, 4.69) is 11.5 Å². The van der Waals surface area contributed by atoms with Gasteiger partial charge in [-0.05, 0) is 44.4 Å². The Morgan fingerprint density at radius 1 is 1.24 bits per heavy atom. The summed E-state index contributed by atoms with van der Waals surface area (Å²) < 4.78 is 2.15. The standard InChI is InChI=1S/C17H21NO3/c1-5-7-18-10(3)15(11(4)19)14-9-13(17(20)21)8-12(6-2)16(14)18/h8-9H,5-7H2,1-4H3,(H,20,21). The van der Waals surface area contributed by atoms with Crippen LogP contribution in [0.3, 0.4) is 0 Å². The number of benzene rings is 1. The fraction of sp³-hybridized carbons (Fsp3) is 0.412. The molecule has 0 bridgehead atoms. The van der Waals surface area contributed by atoms with Crippen LogP contribution in [-0.2, 0) is 13.0 Å². The molecule has 0 saturated heterocycles. The zero-order valence-electron chi connectivity index (χ0n) is 13.0. The van der Waals surface area contributed by atoms with Gasteiger partial charge in [-0.15, -0.1) is 0 Å².